The summed E-state index contributed by atoms with van der Waals surface area (Å²) in [6.45, 7) is 6.57. The van der Waals surface area contributed by atoms with Gasteiger partial charge in [0.2, 0.25) is 5.91 Å². The molecule has 0 atom stereocenters. The molecule has 0 saturated heterocycles. The van der Waals surface area contributed by atoms with Gasteiger partial charge in [0.25, 0.3) is 0 Å². The van der Waals surface area contributed by atoms with E-state index in [-0.39, 0.29) is 12.5 Å². The molecule has 0 aromatic rings. The molecule has 0 aliphatic carbocycles. The Hall–Kier alpha value is -1.39. The first-order valence-corrected chi connectivity index (χ1v) is 8.31. The third kappa shape index (κ3) is 13.6. The van der Waals surface area contributed by atoms with Crippen molar-refractivity contribution in [3.8, 4) is 0 Å². The van der Waals surface area contributed by atoms with Crippen LogP contribution >= 0.6 is 0 Å². The van der Waals surface area contributed by atoms with E-state index in [4.69, 9.17) is 5.11 Å². The Morgan fingerprint density at radius 1 is 1.05 bits per heavy atom. The van der Waals surface area contributed by atoms with Crippen molar-refractivity contribution in [2.75, 3.05) is 26.2 Å². The van der Waals surface area contributed by atoms with Crippen LogP contribution in [-0.4, -0.2) is 42.2 Å². The summed E-state index contributed by atoms with van der Waals surface area (Å²) < 4.78 is 0. The zero-order chi connectivity index (χ0) is 16.5. The Bertz CT molecular complexity index is 339. The lowest BCUT2D eigenvalue weighted by molar-refractivity contribution is -0.121. The van der Waals surface area contributed by atoms with E-state index < -0.39 is 0 Å². The molecule has 1 amide bonds. The van der Waals surface area contributed by atoms with E-state index in [9.17, 15) is 4.79 Å². The van der Waals surface area contributed by atoms with Crippen LogP contribution in [0.3, 0.4) is 0 Å². The number of nitrogens with one attached hydrogen (secondary N) is 1. The fraction of sp³-hybridized carbons (Fsp3) is 0.611. The first kappa shape index (κ1) is 20.6. The highest BCUT2D eigenvalue weighted by Crippen LogP contribution is 2.01. The Balaban J connectivity index is 4.10. The molecule has 0 rings (SSSR count). The van der Waals surface area contributed by atoms with Gasteiger partial charge in [0.15, 0.2) is 0 Å². The molecule has 0 aromatic carbocycles. The SMILES string of the molecule is C/C=C/C=C\C=C\NC(=O)CN(CCCCC)CCCCO. The third-order valence-corrected chi connectivity index (χ3v) is 3.19. The Morgan fingerprint density at radius 2 is 1.73 bits per heavy atom. The van der Waals surface area contributed by atoms with Gasteiger partial charge in [-0.05, 0) is 45.4 Å². The maximum Gasteiger partial charge on any atom is 0.238 e. The molecule has 0 radical (unpaired) electrons. The Morgan fingerprint density at radius 3 is 2.36 bits per heavy atom. The quantitative estimate of drug-likeness (QED) is 0.406. The van der Waals surface area contributed by atoms with Gasteiger partial charge < -0.3 is 10.4 Å². The molecule has 0 aliphatic heterocycles. The van der Waals surface area contributed by atoms with E-state index in [2.05, 4.69) is 17.1 Å². The number of hydrogen-bond donors (Lipinski definition) is 2. The standard InChI is InChI=1S/C18H32N2O2/c1-3-5-7-8-9-13-19-18(22)17-20(14-10-6-4-2)15-11-12-16-21/h3,5,7-9,13,21H,4,6,10-12,14-17H2,1-2H3,(H,19,22)/b5-3+,8-7-,13-9+. The van der Waals surface area contributed by atoms with Crippen LogP contribution in [0.15, 0.2) is 36.6 Å². The number of aliphatic hydroxyl groups excluding tert-OH is 1. The molecule has 0 heterocycles. The number of carbonyl (C=O) groups is 1. The molecule has 2 N–H and O–H groups in total. The highest BCUT2D eigenvalue weighted by atomic mass is 16.2. The second-order valence-electron chi connectivity index (χ2n) is 5.25. The summed E-state index contributed by atoms with van der Waals surface area (Å²) >= 11 is 0. The van der Waals surface area contributed by atoms with Gasteiger partial charge in [-0.1, -0.05) is 44.1 Å². The summed E-state index contributed by atoms with van der Waals surface area (Å²) in [6, 6.07) is 0. The van der Waals surface area contributed by atoms with E-state index in [1.165, 1.54) is 12.8 Å². The van der Waals surface area contributed by atoms with Crippen molar-refractivity contribution in [1.29, 1.82) is 0 Å². The summed E-state index contributed by atoms with van der Waals surface area (Å²) in [7, 11) is 0. The summed E-state index contributed by atoms with van der Waals surface area (Å²) in [5, 5.41) is 11.6. The van der Waals surface area contributed by atoms with Crippen LogP contribution in [0.2, 0.25) is 0 Å². The lowest BCUT2D eigenvalue weighted by Gasteiger charge is -2.21. The average molecular weight is 308 g/mol. The first-order valence-electron chi connectivity index (χ1n) is 8.31. The molecule has 22 heavy (non-hydrogen) atoms. The van der Waals surface area contributed by atoms with Crippen molar-refractivity contribution in [2.45, 2.75) is 46.0 Å². The summed E-state index contributed by atoms with van der Waals surface area (Å²) in [4.78, 5) is 14.1. The topological polar surface area (TPSA) is 52.6 Å². The van der Waals surface area contributed by atoms with Crippen molar-refractivity contribution in [1.82, 2.24) is 10.2 Å². The number of nitrogens with zero attached hydrogens (tertiary/aromatic N) is 1. The minimum absolute atomic E-state index is 0.0104. The van der Waals surface area contributed by atoms with Crippen molar-refractivity contribution < 1.29 is 9.90 Å². The molecular formula is C18H32N2O2. The minimum Gasteiger partial charge on any atom is -0.396 e. The molecule has 0 aromatic heterocycles. The number of unbranched alkanes of at least 4 members (excludes halogenated alkanes) is 3. The van der Waals surface area contributed by atoms with Crippen LogP contribution in [0.4, 0.5) is 0 Å². The molecule has 0 unspecified atom stereocenters. The largest absolute Gasteiger partial charge is 0.396 e. The summed E-state index contributed by atoms with van der Waals surface area (Å²) in [5.74, 6) is 0.0104. The average Bonchev–Trinajstić information content (AvgIpc) is 2.51. The monoisotopic (exact) mass is 308 g/mol. The number of amides is 1. The summed E-state index contributed by atoms with van der Waals surface area (Å²) in [6.07, 6.45) is 16.3. The number of hydrogen-bond acceptors (Lipinski definition) is 3. The molecule has 0 spiro atoms. The number of allylic oxidation sites excluding steroid dienone is 5. The lowest BCUT2D eigenvalue weighted by atomic mass is 10.2. The smallest absolute Gasteiger partial charge is 0.238 e. The van der Waals surface area contributed by atoms with E-state index in [0.717, 1.165) is 32.4 Å². The Labute approximate surface area is 135 Å². The highest BCUT2D eigenvalue weighted by Gasteiger charge is 2.09. The zero-order valence-corrected chi connectivity index (χ0v) is 14.1. The van der Waals surface area contributed by atoms with Gasteiger partial charge in [-0.25, -0.2) is 0 Å². The van der Waals surface area contributed by atoms with Crippen LogP contribution in [0.5, 0.6) is 0 Å². The van der Waals surface area contributed by atoms with E-state index in [1.807, 2.05) is 37.3 Å². The fourth-order valence-corrected chi connectivity index (χ4v) is 1.99. The van der Waals surface area contributed by atoms with Crippen LogP contribution in [-0.2, 0) is 4.79 Å². The zero-order valence-electron chi connectivity index (χ0n) is 14.1. The van der Waals surface area contributed by atoms with Crippen LogP contribution in [0, 0.1) is 0 Å². The fourth-order valence-electron chi connectivity index (χ4n) is 1.99. The molecule has 4 heteroatoms. The molecular weight excluding hydrogens is 276 g/mol. The lowest BCUT2D eigenvalue weighted by Crippen LogP contribution is -2.36. The number of rotatable bonds is 13. The maximum atomic E-state index is 11.9. The number of aliphatic hydroxyl groups is 1. The Kier molecular flexibility index (Phi) is 15.0. The second kappa shape index (κ2) is 16.0. The van der Waals surface area contributed by atoms with Crippen LogP contribution in [0.25, 0.3) is 0 Å². The van der Waals surface area contributed by atoms with E-state index >= 15 is 0 Å². The molecule has 0 aliphatic rings. The van der Waals surface area contributed by atoms with Gasteiger partial charge >= 0.3 is 0 Å². The van der Waals surface area contributed by atoms with E-state index in [0.29, 0.717) is 6.54 Å². The van der Waals surface area contributed by atoms with Crippen LogP contribution in [0.1, 0.15) is 46.0 Å². The second-order valence-corrected chi connectivity index (χ2v) is 5.25. The molecule has 126 valence electrons. The minimum atomic E-state index is 0.0104. The predicted molar refractivity (Wildman–Crippen MR) is 93.5 cm³/mol. The van der Waals surface area contributed by atoms with Gasteiger partial charge in [-0.15, -0.1) is 0 Å². The van der Waals surface area contributed by atoms with Gasteiger partial charge in [0, 0.05) is 12.8 Å². The van der Waals surface area contributed by atoms with Crippen molar-refractivity contribution in [3.05, 3.63) is 36.6 Å². The van der Waals surface area contributed by atoms with Crippen LogP contribution < -0.4 is 5.32 Å². The van der Waals surface area contributed by atoms with Gasteiger partial charge in [-0.2, -0.15) is 0 Å². The van der Waals surface area contributed by atoms with Gasteiger partial charge in [-0.3, -0.25) is 9.69 Å². The van der Waals surface area contributed by atoms with E-state index in [1.54, 1.807) is 6.20 Å². The van der Waals surface area contributed by atoms with Crippen molar-refractivity contribution in [3.63, 3.8) is 0 Å². The first-order chi connectivity index (χ1) is 10.7. The predicted octanol–water partition coefficient (Wildman–Crippen LogP) is 3.01. The molecule has 0 saturated carbocycles. The van der Waals surface area contributed by atoms with Gasteiger partial charge in [0.1, 0.15) is 0 Å². The third-order valence-electron chi connectivity index (χ3n) is 3.19. The van der Waals surface area contributed by atoms with Crippen molar-refractivity contribution in [2.24, 2.45) is 0 Å². The number of carbonyl (C=O) groups excluding carboxylic acids is 1. The molecule has 4 nitrogen and oxygen atoms in total. The van der Waals surface area contributed by atoms with Gasteiger partial charge in [0.05, 0.1) is 6.54 Å². The van der Waals surface area contributed by atoms with Crippen molar-refractivity contribution >= 4 is 5.91 Å². The molecule has 0 bridgehead atoms. The highest BCUT2D eigenvalue weighted by molar-refractivity contribution is 5.79. The maximum absolute atomic E-state index is 11.9. The normalized spacial score (nSPS) is 12.2. The molecule has 0 fully saturated rings. The summed E-state index contributed by atoms with van der Waals surface area (Å²) in [5.41, 5.74) is 0.